The van der Waals surface area contributed by atoms with Crippen LogP contribution in [0.1, 0.15) is 47.3 Å². The second kappa shape index (κ2) is 6.67. The van der Waals surface area contributed by atoms with Gasteiger partial charge in [-0.1, -0.05) is 6.07 Å². The largest absolute Gasteiger partial charge is 0.508 e. The SMILES string of the molecule is Cc1nn(-c2ccncc2)c2c1C[C@]1(O)C3Cc4ccc(O)cc4[C@]1(CCN3CC1CC1)C2. The van der Waals surface area contributed by atoms with Crippen molar-refractivity contribution in [2.45, 2.75) is 62.5 Å². The van der Waals surface area contributed by atoms with Crippen LogP contribution in [0.3, 0.4) is 0 Å². The predicted molar refractivity (Wildman–Crippen MR) is 125 cm³/mol. The molecule has 33 heavy (non-hydrogen) atoms. The quantitative estimate of drug-likeness (QED) is 0.652. The number of hydrogen-bond donors (Lipinski definition) is 2. The molecule has 4 aliphatic rings. The van der Waals surface area contributed by atoms with Gasteiger partial charge in [0.05, 0.1) is 17.0 Å². The maximum Gasteiger partial charge on any atom is 0.115 e. The Morgan fingerprint density at radius 3 is 2.73 bits per heavy atom. The van der Waals surface area contributed by atoms with E-state index < -0.39 is 11.0 Å². The van der Waals surface area contributed by atoms with Gasteiger partial charge in [0.25, 0.3) is 0 Å². The lowest BCUT2D eigenvalue weighted by Gasteiger charge is -2.63. The molecule has 2 bridgehead atoms. The smallest absolute Gasteiger partial charge is 0.115 e. The van der Waals surface area contributed by atoms with Gasteiger partial charge >= 0.3 is 0 Å². The molecule has 0 spiro atoms. The summed E-state index contributed by atoms with van der Waals surface area (Å²) in [6.45, 7) is 4.16. The summed E-state index contributed by atoms with van der Waals surface area (Å²) in [5, 5.41) is 28.1. The number of rotatable bonds is 3. The minimum absolute atomic E-state index is 0.0979. The molecule has 1 saturated heterocycles. The first kappa shape index (κ1) is 19.7. The lowest BCUT2D eigenvalue weighted by Crippen LogP contribution is -2.74. The number of aromatic hydroxyl groups is 1. The van der Waals surface area contributed by atoms with Crippen LogP contribution < -0.4 is 0 Å². The Labute approximate surface area is 193 Å². The minimum Gasteiger partial charge on any atom is -0.508 e. The number of phenolic OH excluding ortho intramolecular Hbond substituents is 1. The van der Waals surface area contributed by atoms with Gasteiger partial charge in [-0.15, -0.1) is 0 Å². The summed E-state index contributed by atoms with van der Waals surface area (Å²) in [6.07, 6.45) is 9.31. The highest BCUT2D eigenvalue weighted by Gasteiger charge is 2.65. The van der Waals surface area contributed by atoms with Crippen molar-refractivity contribution in [1.82, 2.24) is 19.7 Å². The number of phenols is 1. The molecule has 0 radical (unpaired) electrons. The van der Waals surface area contributed by atoms with Crippen LogP contribution in [0.2, 0.25) is 0 Å². The number of benzene rings is 1. The zero-order valence-corrected chi connectivity index (χ0v) is 19.0. The van der Waals surface area contributed by atoms with Crippen LogP contribution in [-0.2, 0) is 24.7 Å². The second-order valence-electron chi connectivity index (χ2n) is 10.7. The van der Waals surface area contributed by atoms with Crippen molar-refractivity contribution in [2.75, 3.05) is 13.1 Å². The average Bonchev–Trinajstić information content (AvgIpc) is 3.58. The molecule has 3 aromatic rings. The molecule has 1 aromatic carbocycles. The van der Waals surface area contributed by atoms with E-state index >= 15 is 0 Å². The van der Waals surface area contributed by atoms with Crippen molar-refractivity contribution in [3.05, 3.63) is 70.8 Å². The average molecular weight is 443 g/mol. The maximum absolute atomic E-state index is 12.7. The fourth-order valence-corrected chi connectivity index (χ4v) is 7.14. The number of pyridine rings is 1. The number of aliphatic hydroxyl groups is 1. The van der Waals surface area contributed by atoms with Crippen LogP contribution in [0.15, 0.2) is 42.7 Å². The molecule has 170 valence electrons. The van der Waals surface area contributed by atoms with Crippen molar-refractivity contribution in [1.29, 1.82) is 0 Å². The summed E-state index contributed by atoms with van der Waals surface area (Å²) in [7, 11) is 0. The molecule has 2 N–H and O–H groups in total. The van der Waals surface area contributed by atoms with Gasteiger partial charge < -0.3 is 10.2 Å². The summed E-state index contributed by atoms with van der Waals surface area (Å²) in [5.74, 6) is 1.08. The Morgan fingerprint density at radius 2 is 1.94 bits per heavy atom. The molecule has 0 amide bonds. The van der Waals surface area contributed by atoms with Gasteiger partial charge in [0.1, 0.15) is 5.75 Å². The van der Waals surface area contributed by atoms with Crippen LogP contribution >= 0.6 is 0 Å². The van der Waals surface area contributed by atoms with Gasteiger partial charge in [0, 0.05) is 48.9 Å². The molecule has 3 heterocycles. The number of hydrogen-bond acceptors (Lipinski definition) is 5. The second-order valence-corrected chi connectivity index (χ2v) is 10.7. The molecule has 6 nitrogen and oxygen atoms in total. The first-order valence-electron chi connectivity index (χ1n) is 12.3. The Balaban J connectivity index is 1.43. The number of piperidine rings is 1. The zero-order chi connectivity index (χ0) is 22.4. The first-order chi connectivity index (χ1) is 16.0. The Morgan fingerprint density at radius 1 is 1.12 bits per heavy atom. The van der Waals surface area contributed by atoms with Gasteiger partial charge in [-0.05, 0) is 86.0 Å². The molecular weight excluding hydrogens is 412 g/mol. The highest BCUT2D eigenvalue weighted by Crippen LogP contribution is 2.58. The number of likely N-dealkylation sites (tertiary alicyclic amines) is 1. The monoisotopic (exact) mass is 442 g/mol. The summed E-state index contributed by atoms with van der Waals surface area (Å²) < 4.78 is 2.06. The summed E-state index contributed by atoms with van der Waals surface area (Å²) in [6, 6.07) is 9.90. The first-order valence-corrected chi connectivity index (χ1v) is 12.3. The summed E-state index contributed by atoms with van der Waals surface area (Å²) >= 11 is 0. The van der Waals surface area contributed by atoms with E-state index in [1.807, 2.05) is 18.2 Å². The van der Waals surface area contributed by atoms with Crippen molar-refractivity contribution < 1.29 is 10.2 Å². The van der Waals surface area contributed by atoms with Crippen LogP contribution in [0.4, 0.5) is 0 Å². The predicted octanol–water partition coefficient (Wildman–Crippen LogP) is 3.09. The Bertz CT molecular complexity index is 1250. The van der Waals surface area contributed by atoms with Crippen molar-refractivity contribution >= 4 is 0 Å². The third-order valence-corrected chi connectivity index (χ3v) is 8.97. The third kappa shape index (κ3) is 2.68. The lowest BCUT2D eigenvalue weighted by molar-refractivity contribution is -0.152. The molecule has 1 saturated carbocycles. The third-order valence-electron chi connectivity index (χ3n) is 8.97. The molecule has 1 aliphatic heterocycles. The van der Waals surface area contributed by atoms with Gasteiger partial charge in [0.2, 0.25) is 0 Å². The van der Waals surface area contributed by atoms with E-state index in [1.165, 1.54) is 29.7 Å². The van der Waals surface area contributed by atoms with E-state index in [9.17, 15) is 10.2 Å². The summed E-state index contributed by atoms with van der Waals surface area (Å²) in [5.41, 5.74) is 5.50. The van der Waals surface area contributed by atoms with E-state index in [0.29, 0.717) is 6.42 Å². The van der Waals surface area contributed by atoms with Crippen LogP contribution in [0.5, 0.6) is 5.75 Å². The van der Waals surface area contributed by atoms with Crippen molar-refractivity contribution in [3.8, 4) is 11.4 Å². The maximum atomic E-state index is 12.7. The molecule has 6 heteroatoms. The highest BCUT2D eigenvalue weighted by atomic mass is 16.3. The normalized spacial score (nSPS) is 30.4. The van der Waals surface area contributed by atoms with E-state index in [0.717, 1.165) is 55.2 Å². The van der Waals surface area contributed by atoms with Gasteiger partial charge in [-0.2, -0.15) is 5.10 Å². The van der Waals surface area contributed by atoms with E-state index in [4.69, 9.17) is 5.10 Å². The molecule has 2 aromatic heterocycles. The summed E-state index contributed by atoms with van der Waals surface area (Å²) in [4.78, 5) is 6.76. The molecular formula is C27H30N4O2. The molecule has 3 atom stereocenters. The van der Waals surface area contributed by atoms with Crippen molar-refractivity contribution in [3.63, 3.8) is 0 Å². The number of aryl methyl sites for hydroxylation is 1. The fraction of sp³-hybridized carbons (Fsp3) is 0.481. The molecule has 1 unspecified atom stereocenters. The Hall–Kier alpha value is -2.70. The van der Waals surface area contributed by atoms with Crippen LogP contribution in [0.25, 0.3) is 5.69 Å². The van der Waals surface area contributed by atoms with Crippen LogP contribution in [0, 0.1) is 12.8 Å². The zero-order valence-electron chi connectivity index (χ0n) is 19.0. The standard InChI is InChI=1S/C27H30N4O2/c1-17-22-14-27(33)25-12-19-4-5-21(32)13-23(19)26(27,8-11-30(25)16-18-2-3-18)15-24(22)31(29-17)20-6-9-28-10-7-20/h4-7,9-10,13,18,25,32-33H,2-3,8,11-12,14-16H2,1H3/t25?,26-,27-/m0/s1. The van der Waals surface area contributed by atoms with E-state index in [1.54, 1.807) is 18.5 Å². The Kier molecular flexibility index (Phi) is 3.99. The van der Waals surface area contributed by atoms with Gasteiger partial charge in [0.15, 0.2) is 0 Å². The van der Waals surface area contributed by atoms with E-state index in [-0.39, 0.29) is 11.8 Å². The minimum atomic E-state index is -0.870. The molecule has 3 aliphatic carbocycles. The number of fused-ring (bicyclic) bond motifs is 2. The molecule has 7 rings (SSSR count). The fourth-order valence-electron chi connectivity index (χ4n) is 7.14. The topological polar surface area (TPSA) is 74.4 Å². The number of aromatic nitrogens is 3. The van der Waals surface area contributed by atoms with Gasteiger partial charge in [-0.25, -0.2) is 4.68 Å². The molecule has 2 fully saturated rings. The van der Waals surface area contributed by atoms with Crippen molar-refractivity contribution in [2.24, 2.45) is 5.92 Å². The number of nitrogens with zero attached hydrogens (tertiary/aromatic N) is 4. The van der Waals surface area contributed by atoms with Crippen LogP contribution in [-0.4, -0.2) is 54.6 Å². The lowest BCUT2D eigenvalue weighted by atomic mass is 9.49. The highest BCUT2D eigenvalue weighted by molar-refractivity contribution is 5.53. The van der Waals surface area contributed by atoms with Gasteiger partial charge in [-0.3, -0.25) is 9.88 Å². The van der Waals surface area contributed by atoms with E-state index in [2.05, 4.69) is 27.6 Å².